The number of benzene rings is 5. The second-order valence-corrected chi connectivity index (χ2v) is 8.10. The lowest BCUT2D eigenvalue weighted by Crippen LogP contribution is -1.94. The molecule has 0 saturated heterocycles. The maximum Gasteiger partial charge on any atom is 0.115 e. The molecule has 5 aromatic carbocycles. The van der Waals surface area contributed by atoms with Crippen molar-refractivity contribution in [3.8, 4) is 67.5 Å². The maximum absolute atomic E-state index is 9.92. The maximum atomic E-state index is 9.92. The number of rotatable bonds is 4. The van der Waals surface area contributed by atoms with Crippen LogP contribution in [0.2, 0.25) is 0 Å². The molecule has 0 aliphatic carbocycles. The van der Waals surface area contributed by atoms with Crippen LogP contribution in [0.5, 0.6) is 23.0 Å². The first-order valence-electron chi connectivity index (χ1n) is 10.8. The highest BCUT2D eigenvalue weighted by Gasteiger charge is 2.19. The molecule has 34 heavy (non-hydrogen) atoms. The number of aromatic hydroxyl groups is 4. The second-order valence-electron chi connectivity index (χ2n) is 8.10. The van der Waals surface area contributed by atoms with Crippen molar-refractivity contribution in [3.63, 3.8) is 0 Å². The molecule has 5 aromatic rings. The predicted octanol–water partition coefficient (Wildman–Crippen LogP) is 7.18. The minimum Gasteiger partial charge on any atom is -0.508 e. The average Bonchev–Trinajstić information content (AvgIpc) is 2.85. The summed E-state index contributed by atoms with van der Waals surface area (Å²) in [5.74, 6) is 0.732. The standard InChI is InChI=1S/C30H22O4/c31-23-9-1-19(2-10-23)27-17-18-28(20-3-11-24(32)12-4-20)30(22-7-15-26(34)16-8-22)29(27)21-5-13-25(33)14-6-21/h1-18,31-34H. The first-order valence-corrected chi connectivity index (χ1v) is 10.8. The fourth-order valence-corrected chi connectivity index (χ4v) is 4.22. The lowest BCUT2D eigenvalue weighted by molar-refractivity contribution is 0.475. The molecule has 0 fully saturated rings. The van der Waals surface area contributed by atoms with Crippen LogP contribution in [-0.2, 0) is 0 Å². The van der Waals surface area contributed by atoms with Crippen molar-refractivity contribution in [2.75, 3.05) is 0 Å². The second kappa shape index (κ2) is 8.68. The summed E-state index contributed by atoms with van der Waals surface area (Å²) in [6.07, 6.45) is 0. The normalized spacial score (nSPS) is 10.8. The fourth-order valence-electron chi connectivity index (χ4n) is 4.22. The van der Waals surface area contributed by atoms with Gasteiger partial charge < -0.3 is 20.4 Å². The predicted molar refractivity (Wildman–Crippen MR) is 135 cm³/mol. The van der Waals surface area contributed by atoms with Crippen molar-refractivity contribution in [3.05, 3.63) is 109 Å². The third-order valence-electron chi connectivity index (χ3n) is 5.87. The van der Waals surface area contributed by atoms with Crippen LogP contribution in [0.4, 0.5) is 0 Å². The molecule has 0 aliphatic heterocycles. The van der Waals surface area contributed by atoms with E-state index in [1.54, 1.807) is 48.5 Å². The fraction of sp³-hybridized carbons (Fsp3) is 0. The molecule has 0 aliphatic rings. The van der Waals surface area contributed by atoms with Gasteiger partial charge in [-0.1, -0.05) is 60.7 Å². The van der Waals surface area contributed by atoms with Crippen LogP contribution in [0.15, 0.2) is 109 Å². The number of phenols is 4. The van der Waals surface area contributed by atoms with Crippen LogP contribution in [-0.4, -0.2) is 20.4 Å². The quantitative estimate of drug-likeness (QED) is 0.236. The lowest BCUT2D eigenvalue weighted by Gasteiger charge is -2.21. The van der Waals surface area contributed by atoms with Gasteiger partial charge in [0.05, 0.1) is 0 Å². The van der Waals surface area contributed by atoms with E-state index >= 15 is 0 Å². The van der Waals surface area contributed by atoms with E-state index in [-0.39, 0.29) is 23.0 Å². The first kappa shape index (κ1) is 21.2. The summed E-state index contributed by atoms with van der Waals surface area (Å²) in [6, 6.07) is 32.3. The molecule has 5 rings (SSSR count). The molecule has 4 N–H and O–H groups in total. The monoisotopic (exact) mass is 446 g/mol. The van der Waals surface area contributed by atoms with Gasteiger partial charge in [0.15, 0.2) is 0 Å². The molecular formula is C30H22O4. The number of phenolic OH excluding ortho intramolecular Hbond substituents is 4. The average molecular weight is 447 g/mol. The van der Waals surface area contributed by atoms with Crippen molar-refractivity contribution in [2.24, 2.45) is 0 Å². The Balaban J connectivity index is 1.88. The van der Waals surface area contributed by atoms with E-state index in [9.17, 15) is 20.4 Å². The summed E-state index contributed by atoms with van der Waals surface area (Å²) < 4.78 is 0. The molecular weight excluding hydrogens is 424 g/mol. The Bertz CT molecular complexity index is 1320. The molecule has 4 heteroatoms. The van der Waals surface area contributed by atoms with Crippen LogP contribution in [0.3, 0.4) is 0 Å². The number of hydrogen-bond acceptors (Lipinski definition) is 4. The van der Waals surface area contributed by atoms with Crippen LogP contribution in [0.1, 0.15) is 0 Å². The van der Waals surface area contributed by atoms with Gasteiger partial charge in [-0.05, 0) is 93.0 Å². The molecule has 0 saturated carbocycles. The van der Waals surface area contributed by atoms with Gasteiger partial charge in [0.2, 0.25) is 0 Å². The highest BCUT2D eigenvalue weighted by Crippen LogP contribution is 2.46. The molecule has 166 valence electrons. The van der Waals surface area contributed by atoms with E-state index in [2.05, 4.69) is 0 Å². The Labute approximate surface area is 197 Å². The Morgan fingerprint density at radius 3 is 0.765 bits per heavy atom. The summed E-state index contributed by atoms with van der Waals surface area (Å²) >= 11 is 0. The number of hydrogen-bond donors (Lipinski definition) is 4. The van der Waals surface area contributed by atoms with Gasteiger partial charge in [0, 0.05) is 0 Å². The van der Waals surface area contributed by atoms with Crippen molar-refractivity contribution >= 4 is 0 Å². The van der Waals surface area contributed by atoms with Crippen LogP contribution < -0.4 is 0 Å². The van der Waals surface area contributed by atoms with Crippen molar-refractivity contribution in [2.45, 2.75) is 0 Å². The smallest absolute Gasteiger partial charge is 0.115 e. The van der Waals surface area contributed by atoms with E-state index < -0.39 is 0 Å². The summed E-state index contributed by atoms with van der Waals surface area (Å²) in [4.78, 5) is 0. The van der Waals surface area contributed by atoms with Crippen LogP contribution in [0.25, 0.3) is 44.5 Å². The van der Waals surface area contributed by atoms with Gasteiger partial charge in [-0.2, -0.15) is 0 Å². The van der Waals surface area contributed by atoms with E-state index in [0.717, 1.165) is 44.5 Å². The summed E-state index contributed by atoms with van der Waals surface area (Å²) in [7, 11) is 0. The molecule has 0 spiro atoms. The van der Waals surface area contributed by atoms with Crippen molar-refractivity contribution < 1.29 is 20.4 Å². The zero-order valence-electron chi connectivity index (χ0n) is 18.2. The molecule has 0 aromatic heterocycles. The van der Waals surface area contributed by atoms with Gasteiger partial charge in [-0.15, -0.1) is 0 Å². The van der Waals surface area contributed by atoms with Gasteiger partial charge in [0.1, 0.15) is 23.0 Å². The molecule has 0 heterocycles. The van der Waals surface area contributed by atoms with Crippen LogP contribution in [0, 0.1) is 0 Å². The van der Waals surface area contributed by atoms with E-state index in [1.165, 1.54) is 0 Å². The SMILES string of the molecule is Oc1ccc(-c2ccc(-c3ccc(O)cc3)c(-c3ccc(O)cc3)c2-c2ccc(O)cc2)cc1. The van der Waals surface area contributed by atoms with Crippen molar-refractivity contribution in [1.29, 1.82) is 0 Å². The van der Waals surface area contributed by atoms with E-state index in [4.69, 9.17) is 0 Å². The molecule has 0 amide bonds. The van der Waals surface area contributed by atoms with Crippen LogP contribution >= 0.6 is 0 Å². The highest BCUT2D eigenvalue weighted by atomic mass is 16.3. The highest BCUT2D eigenvalue weighted by molar-refractivity contribution is 6.01. The molecule has 4 nitrogen and oxygen atoms in total. The zero-order valence-corrected chi connectivity index (χ0v) is 18.2. The van der Waals surface area contributed by atoms with Crippen molar-refractivity contribution in [1.82, 2.24) is 0 Å². The van der Waals surface area contributed by atoms with Gasteiger partial charge in [-0.3, -0.25) is 0 Å². The largest absolute Gasteiger partial charge is 0.508 e. The molecule has 0 radical (unpaired) electrons. The van der Waals surface area contributed by atoms with E-state index in [0.29, 0.717) is 0 Å². The Hall–Kier alpha value is -4.70. The van der Waals surface area contributed by atoms with Gasteiger partial charge >= 0.3 is 0 Å². The zero-order chi connectivity index (χ0) is 23.7. The third kappa shape index (κ3) is 4.05. The first-order chi connectivity index (χ1) is 16.5. The minimum atomic E-state index is 0.177. The summed E-state index contributed by atoms with van der Waals surface area (Å²) in [6.45, 7) is 0. The third-order valence-corrected chi connectivity index (χ3v) is 5.87. The van der Waals surface area contributed by atoms with E-state index in [1.807, 2.05) is 60.7 Å². The summed E-state index contributed by atoms with van der Waals surface area (Å²) in [5.41, 5.74) is 7.47. The Kier molecular flexibility index (Phi) is 5.40. The van der Waals surface area contributed by atoms with Gasteiger partial charge in [0.25, 0.3) is 0 Å². The molecule has 0 bridgehead atoms. The minimum absolute atomic E-state index is 0.177. The Morgan fingerprint density at radius 1 is 0.265 bits per heavy atom. The molecule has 0 atom stereocenters. The molecule has 0 unspecified atom stereocenters. The topological polar surface area (TPSA) is 80.9 Å². The van der Waals surface area contributed by atoms with Gasteiger partial charge in [-0.25, -0.2) is 0 Å². The summed E-state index contributed by atoms with van der Waals surface area (Å²) in [5, 5.41) is 39.5. The Morgan fingerprint density at radius 2 is 0.500 bits per heavy atom. The lowest BCUT2D eigenvalue weighted by atomic mass is 9.83.